The van der Waals surface area contributed by atoms with Crippen LogP contribution in [0, 0.1) is 0 Å². The molecule has 2 fully saturated rings. The maximum atomic E-state index is 10.7. The van der Waals surface area contributed by atoms with Crippen LogP contribution in [-0.4, -0.2) is 56.2 Å². The number of aromatic nitrogens is 3. The molecule has 1 aliphatic carbocycles. The van der Waals surface area contributed by atoms with Crippen molar-refractivity contribution in [1.29, 1.82) is 0 Å². The van der Waals surface area contributed by atoms with Gasteiger partial charge in [-0.15, -0.1) is 10.2 Å². The highest BCUT2D eigenvalue weighted by molar-refractivity contribution is 7.99. The number of thioether (sulfide) groups is 2. The molecule has 1 atom stereocenters. The van der Waals surface area contributed by atoms with Gasteiger partial charge in [0.15, 0.2) is 5.16 Å². The maximum Gasteiger partial charge on any atom is 0.313 e. The zero-order valence-corrected chi connectivity index (χ0v) is 13.0. The molecule has 20 heavy (non-hydrogen) atoms. The summed E-state index contributed by atoms with van der Waals surface area (Å²) in [5.74, 6) is 2.45. The molecular formula is C12H18N4O2S2. The molecule has 0 amide bonds. The number of carboxylic acids is 1. The molecule has 0 aromatic carbocycles. The zero-order chi connectivity index (χ0) is 14.1. The average Bonchev–Trinajstić information content (AvgIpc) is 2.96. The van der Waals surface area contributed by atoms with Gasteiger partial charge in [0.25, 0.3) is 0 Å². The molecule has 2 heterocycles. The summed E-state index contributed by atoms with van der Waals surface area (Å²) in [6, 6.07) is 0.965. The van der Waals surface area contributed by atoms with Crippen LogP contribution in [0.1, 0.15) is 25.3 Å². The lowest BCUT2D eigenvalue weighted by atomic mass is 10.2. The normalized spacial score (nSPS) is 22.1. The molecule has 0 spiro atoms. The van der Waals surface area contributed by atoms with Crippen molar-refractivity contribution in [1.82, 2.24) is 14.8 Å². The van der Waals surface area contributed by atoms with Gasteiger partial charge < -0.3 is 10.0 Å². The molecule has 6 nitrogen and oxygen atoms in total. The first kappa shape index (κ1) is 14.1. The van der Waals surface area contributed by atoms with Gasteiger partial charge in [0.05, 0.1) is 5.75 Å². The topological polar surface area (TPSA) is 71.2 Å². The van der Waals surface area contributed by atoms with Crippen molar-refractivity contribution < 1.29 is 9.90 Å². The van der Waals surface area contributed by atoms with Gasteiger partial charge in [-0.05, 0) is 25.0 Å². The predicted octanol–water partition coefficient (Wildman–Crippen LogP) is 1.73. The van der Waals surface area contributed by atoms with Crippen LogP contribution in [0.3, 0.4) is 0 Å². The number of rotatable bonds is 6. The van der Waals surface area contributed by atoms with E-state index in [9.17, 15) is 4.79 Å². The number of nitrogens with zero attached hydrogens (tertiary/aromatic N) is 4. The van der Waals surface area contributed by atoms with E-state index in [0.29, 0.717) is 12.1 Å². The van der Waals surface area contributed by atoms with Crippen molar-refractivity contribution in [2.24, 2.45) is 0 Å². The summed E-state index contributed by atoms with van der Waals surface area (Å²) in [7, 11) is 2.07. The highest BCUT2D eigenvalue weighted by Crippen LogP contribution is 2.41. The Morgan fingerprint density at radius 3 is 2.90 bits per heavy atom. The Morgan fingerprint density at radius 2 is 2.30 bits per heavy atom. The zero-order valence-electron chi connectivity index (χ0n) is 11.4. The van der Waals surface area contributed by atoms with Crippen molar-refractivity contribution in [3.63, 3.8) is 0 Å². The number of hydrogen-bond acceptors (Lipinski definition) is 6. The second-order valence-electron chi connectivity index (χ2n) is 5.19. The van der Waals surface area contributed by atoms with Gasteiger partial charge in [-0.3, -0.25) is 9.36 Å². The van der Waals surface area contributed by atoms with Gasteiger partial charge in [0, 0.05) is 24.9 Å². The van der Waals surface area contributed by atoms with E-state index in [0.717, 1.165) is 29.7 Å². The van der Waals surface area contributed by atoms with E-state index < -0.39 is 5.97 Å². The summed E-state index contributed by atoms with van der Waals surface area (Å²) in [4.78, 5) is 12.9. The van der Waals surface area contributed by atoms with Gasteiger partial charge in [0.1, 0.15) is 0 Å². The molecule has 1 unspecified atom stereocenters. The molecule has 1 saturated carbocycles. The van der Waals surface area contributed by atoms with Crippen molar-refractivity contribution in [3.8, 4) is 0 Å². The first-order chi connectivity index (χ1) is 9.66. The Balaban J connectivity index is 1.81. The van der Waals surface area contributed by atoms with E-state index in [1.165, 1.54) is 23.9 Å². The fraction of sp³-hybridized carbons (Fsp3) is 0.750. The maximum absolute atomic E-state index is 10.7. The quantitative estimate of drug-likeness (QED) is 0.802. The predicted molar refractivity (Wildman–Crippen MR) is 80.8 cm³/mol. The smallest absolute Gasteiger partial charge is 0.313 e. The lowest BCUT2D eigenvalue weighted by molar-refractivity contribution is -0.133. The summed E-state index contributed by atoms with van der Waals surface area (Å²) in [6.45, 7) is 0. The molecule has 1 aliphatic heterocycles. The van der Waals surface area contributed by atoms with Gasteiger partial charge in [-0.2, -0.15) is 11.8 Å². The Labute approximate surface area is 126 Å². The SMILES string of the molecule is CN(c1nnc(SCC(=O)O)n1C1CC1)C1CCSC1. The van der Waals surface area contributed by atoms with Gasteiger partial charge in [0.2, 0.25) is 5.95 Å². The summed E-state index contributed by atoms with van der Waals surface area (Å²) in [5, 5.41) is 18.1. The Bertz CT molecular complexity index is 498. The van der Waals surface area contributed by atoms with E-state index in [4.69, 9.17) is 5.11 Å². The van der Waals surface area contributed by atoms with Crippen LogP contribution in [0.4, 0.5) is 5.95 Å². The monoisotopic (exact) mass is 314 g/mol. The molecule has 1 aromatic heterocycles. The largest absolute Gasteiger partial charge is 0.481 e. The van der Waals surface area contributed by atoms with Crippen LogP contribution >= 0.6 is 23.5 Å². The summed E-state index contributed by atoms with van der Waals surface area (Å²) in [5.41, 5.74) is 0. The molecule has 1 aromatic rings. The van der Waals surface area contributed by atoms with Crippen molar-refractivity contribution >= 4 is 35.4 Å². The summed E-state index contributed by atoms with van der Waals surface area (Å²) < 4.78 is 2.14. The highest BCUT2D eigenvalue weighted by Gasteiger charge is 2.33. The first-order valence-corrected chi connectivity index (χ1v) is 8.91. The van der Waals surface area contributed by atoms with Crippen molar-refractivity contribution in [3.05, 3.63) is 0 Å². The van der Waals surface area contributed by atoms with Crippen molar-refractivity contribution in [2.45, 2.75) is 36.5 Å². The standard InChI is InChI=1S/C12H18N4O2S2/c1-15(9-4-5-19-6-9)11-13-14-12(20-7-10(17)18)16(11)8-2-3-8/h8-9H,2-7H2,1H3,(H,17,18). The Kier molecular flexibility index (Phi) is 4.11. The van der Waals surface area contributed by atoms with Crippen LogP contribution in [0.2, 0.25) is 0 Å². The van der Waals surface area contributed by atoms with Crippen LogP contribution in [0.25, 0.3) is 0 Å². The van der Waals surface area contributed by atoms with Crippen LogP contribution in [-0.2, 0) is 4.79 Å². The molecule has 0 bridgehead atoms. The van der Waals surface area contributed by atoms with Gasteiger partial charge in [-0.25, -0.2) is 0 Å². The number of carboxylic acid groups (broad SMARTS) is 1. The lowest BCUT2D eigenvalue weighted by Gasteiger charge is -2.25. The fourth-order valence-corrected chi connectivity index (χ4v) is 4.37. The molecule has 0 radical (unpaired) electrons. The van der Waals surface area contributed by atoms with Crippen LogP contribution in [0.5, 0.6) is 0 Å². The van der Waals surface area contributed by atoms with Crippen LogP contribution in [0.15, 0.2) is 5.16 Å². The second-order valence-corrected chi connectivity index (χ2v) is 7.29. The fourth-order valence-electron chi connectivity index (χ4n) is 2.38. The average molecular weight is 314 g/mol. The second kappa shape index (κ2) is 5.85. The number of aliphatic carboxylic acids is 1. The Morgan fingerprint density at radius 1 is 1.50 bits per heavy atom. The molecule has 3 rings (SSSR count). The van der Waals surface area contributed by atoms with E-state index in [1.807, 2.05) is 11.8 Å². The third kappa shape index (κ3) is 2.90. The Hall–Kier alpha value is -0.890. The van der Waals surface area contributed by atoms with Gasteiger partial charge >= 0.3 is 5.97 Å². The minimum absolute atomic E-state index is 0.0356. The molecule has 110 valence electrons. The molecule has 1 N–H and O–H groups in total. The third-order valence-electron chi connectivity index (χ3n) is 3.65. The molecule has 8 heteroatoms. The number of carbonyl (C=O) groups is 1. The third-order valence-corrected chi connectivity index (χ3v) is 5.72. The van der Waals surface area contributed by atoms with E-state index in [1.54, 1.807) is 0 Å². The molecule has 1 saturated heterocycles. The minimum Gasteiger partial charge on any atom is -0.481 e. The van der Waals surface area contributed by atoms with E-state index in [2.05, 4.69) is 26.7 Å². The highest BCUT2D eigenvalue weighted by atomic mass is 32.2. The number of hydrogen-bond donors (Lipinski definition) is 1. The van der Waals surface area contributed by atoms with Crippen LogP contribution < -0.4 is 4.90 Å². The van der Waals surface area contributed by atoms with Crippen molar-refractivity contribution in [2.75, 3.05) is 29.2 Å². The van der Waals surface area contributed by atoms with E-state index in [-0.39, 0.29) is 5.75 Å². The molecule has 2 aliphatic rings. The van der Waals surface area contributed by atoms with E-state index >= 15 is 0 Å². The summed E-state index contributed by atoms with van der Waals surface area (Å²) in [6.07, 6.45) is 3.45. The minimum atomic E-state index is -0.817. The summed E-state index contributed by atoms with van der Waals surface area (Å²) >= 11 is 3.24. The lowest BCUT2D eigenvalue weighted by Crippen LogP contribution is -2.33. The molecular weight excluding hydrogens is 296 g/mol. The number of anilines is 1. The first-order valence-electron chi connectivity index (χ1n) is 6.77. The van der Waals surface area contributed by atoms with Gasteiger partial charge in [-0.1, -0.05) is 11.8 Å².